The number of aromatic nitrogens is 4. The summed E-state index contributed by atoms with van der Waals surface area (Å²) >= 11 is 6.20. The zero-order chi connectivity index (χ0) is 25.9. The highest BCUT2D eigenvalue weighted by Crippen LogP contribution is 2.34. The van der Waals surface area contributed by atoms with E-state index >= 15 is 0 Å². The maximum Gasteiger partial charge on any atom is 0.220 e. The molecule has 0 radical (unpaired) electrons. The lowest BCUT2D eigenvalue weighted by molar-refractivity contribution is -0.00535. The SMILES string of the molecule is CC(C)n1c(N(C)CC(C)(C)O)nc2c(F)cc(-c3nc(N)ncc3Cl)cc21.OC1CCCOC1. The highest BCUT2D eigenvalue weighted by atomic mass is 35.5. The zero-order valence-corrected chi connectivity index (χ0v) is 21.6. The van der Waals surface area contributed by atoms with Crippen LogP contribution < -0.4 is 10.6 Å². The molecule has 0 amide bonds. The maximum absolute atomic E-state index is 15.0. The number of hydrogen-bond donors (Lipinski definition) is 3. The summed E-state index contributed by atoms with van der Waals surface area (Å²) in [5.74, 6) is 0.136. The van der Waals surface area contributed by atoms with Crippen LogP contribution in [0.1, 0.15) is 46.6 Å². The third-order valence-electron chi connectivity index (χ3n) is 5.38. The van der Waals surface area contributed by atoms with Crippen LogP contribution >= 0.6 is 11.6 Å². The van der Waals surface area contributed by atoms with Crippen molar-refractivity contribution in [1.29, 1.82) is 0 Å². The van der Waals surface area contributed by atoms with Gasteiger partial charge < -0.3 is 30.2 Å². The van der Waals surface area contributed by atoms with E-state index in [4.69, 9.17) is 27.2 Å². The highest BCUT2D eigenvalue weighted by Gasteiger charge is 2.24. The van der Waals surface area contributed by atoms with E-state index in [1.54, 1.807) is 19.9 Å². The Bertz CT molecular complexity index is 1160. The number of hydrogen-bond acceptors (Lipinski definition) is 8. The molecule has 9 nitrogen and oxygen atoms in total. The number of fused-ring (bicyclic) bond motifs is 1. The Morgan fingerprint density at radius 1 is 1.34 bits per heavy atom. The van der Waals surface area contributed by atoms with Gasteiger partial charge in [-0.3, -0.25) is 0 Å². The smallest absolute Gasteiger partial charge is 0.220 e. The predicted octanol–water partition coefficient (Wildman–Crippen LogP) is 3.81. The monoisotopic (exact) mass is 508 g/mol. The Morgan fingerprint density at radius 2 is 2.06 bits per heavy atom. The molecule has 1 fully saturated rings. The van der Waals surface area contributed by atoms with Crippen LogP contribution in [-0.2, 0) is 4.74 Å². The molecule has 192 valence electrons. The number of rotatable bonds is 5. The number of halogens is 2. The van der Waals surface area contributed by atoms with Crippen LogP contribution in [0.3, 0.4) is 0 Å². The molecule has 0 bridgehead atoms. The second-order valence-electron chi connectivity index (χ2n) is 9.67. The van der Waals surface area contributed by atoms with Crippen LogP contribution in [0.2, 0.25) is 5.02 Å². The van der Waals surface area contributed by atoms with E-state index in [1.165, 1.54) is 12.3 Å². The number of ether oxygens (including phenoxy) is 1. The molecule has 1 atom stereocenters. The van der Waals surface area contributed by atoms with Crippen LogP contribution in [-0.4, -0.2) is 68.2 Å². The molecule has 0 aliphatic carbocycles. The van der Waals surface area contributed by atoms with E-state index in [2.05, 4.69) is 15.0 Å². The van der Waals surface area contributed by atoms with Crippen LogP contribution in [0.15, 0.2) is 18.3 Å². The fourth-order valence-electron chi connectivity index (χ4n) is 4.01. The average Bonchev–Trinajstić information content (AvgIpc) is 3.16. The molecule has 0 spiro atoms. The van der Waals surface area contributed by atoms with E-state index < -0.39 is 11.4 Å². The Kier molecular flexibility index (Phi) is 8.53. The summed E-state index contributed by atoms with van der Waals surface area (Å²) in [7, 11) is 1.82. The van der Waals surface area contributed by atoms with Crippen LogP contribution in [0, 0.1) is 5.82 Å². The molecule has 4 N–H and O–H groups in total. The molecule has 4 rings (SSSR count). The van der Waals surface area contributed by atoms with Crippen molar-refractivity contribution in [2.45, 2.75) is 58.3 Å². The molecule has 0 saturated carbocycles. The molecule has 1 aromatic carbocycles. The number of imidazole rings is 1. The largest absolute Gasteiger partial charge is 0.391 e. The molecule has 1 aliphatic heterocycles. The van der Waals surface area contributed by atoms with Gasteiger partial charge in [0.05, 0.1) is 40.7 Å². The molecule has 11 heteroatoms. The molecule has 1 unspecified atom stereocenters. The van der Waals surface area contributed by atoms with E-state index in [1.807, 2.05) is 30.4 Å². The Morgan fingerprint density at radius 3 is 2.60 bits per heavy atom. The summed E-state index contributed by atoms with van der Waals surface area (Å²) in [5.41, 5.74) is 6.45. The van der Waals surface area contributed by atoms with Crippen molar-refractivity contribution in [2.75, 3.05) is 37.4 Å². The van der Waals surface area contributed by atoms with Crippen molar-refractivity contribution in [2.24, 2.45) is 0 Å². The molecular weight excluding hydrogens is 475 g/mol. The van der Waals surface area contributed by atoms with Crippen molar-refractivity contribution < 1.29 is 19.3 Å². The van der Waals surface area contributed by atoms with Gasteiger partial charge >= 0.3 is 0 Å². The summed E-state index contributed by atoms with van der Waals surface area (Å²) in [5, 5.41) is 19.2. The number of benzene rings is 1. The molecule has 35 heavy (non-hydrogen) atoms. The average molecular weight is 509 g/mol. The number of nitrogens with two attached hydrogens (primary N) is 1. The second-order valence-corrected chi connectivity index (χ2v) is 10.1. The standard InChI is InChI=1S/C19H24ClFN6O.C5H10O2/c1-10(2)27-14-7-11(15-12(20)8-23-17(22)24-15)6-13(21)16(14)25-18(27)26(5)9-19(3,4)28;6-5-2-1-3-7-4-5/h6-8,10,28H,9H2,1-5H3,(H2,22,23,24);5-6H,1-4H2. The maximum atomic E-state index is 15.0. The predicted molar refractivity (Wildman–Crippen MR) is 136 cm³/mol. The Labute approximate surface area is 209 Å². The van der Waals surface area contributed by atoms with Crippen LogP contribution in [0.5, 0.6) is 0 Å². The lowest BCUT2D eigenvalue weighted by Gasteiger charge is -2.27. The summed E-state index contributed by atoms with van der Waals surface area (Å²) in [6.45, 7) is 9.12. The summed E-state index contributed by atoms with van der Waals surface area (Å²) in [4.78, 5) is 14.3. The molecular formula is C24H34ClFN6O3. The second kappa shape index (κ2) is 11.0. The van der Waals surface area contributed by atoms with Crippen LogP contribution in [0.25, 0.3) is 22.3 Å². The first-order chi connectivity index (χ1) is 16.4. The highest BCUT2D eigenvalue weighted by molar-refractivity contribution is 6.33. The first-order valence-electron chi connectivity index (χ1n) is 11.6. The summed E-state index contributed by atoms with van der Waals surface area (Å²) in [6, 6.07) is 3.14. The van der Waals surface area contributed by atoms with Crippen molar-refractivity contribution in [3.05, 3.63) is 29.2 Å². The van der Waals surface area contributed by atoms with Gasteiger partial charge in [0.25, 0.3) is 0 Å². The fraction of sp³-hybridized carbons (Fsp3) is 0.542. The van der Waals surface area contributed by atoms with E-state index in [0.29, 0.717) is 35.9 Å². The van der Waals surface area contributed by atoms with Crippen molar-refractivity contribution >= 4 is 34.5 Å². The topological polar surface area (TPSA) is 123 Å². The van der Waals surface area contributed by atoms with Gasteiger partial charge in [-0.2, -0.15) is 0 Å². The lowest BCUT2D eigenvalue weighted by atomic mass is 10.1. The molecule has 1 saturated heterocycles. The fourth-order valence-corrected chi connectivity index (χ4v) is 4.21. The van der Waals surface area contributed by atoms with Gasteiger partial charge in [0, 0.05) is 31.8 Å². The molecule has 1 aliphatic rings. The van der Waals surface area contributed by atoms with Gasteiger partial charge in [0.1, 0.15) is 5.52 Å². The van der Waals surface area contributed by atoms with Gasteiger partial charge in [-0.05, 0) is 52.7 Å². The minimum atomic E-state index is -0.926. The first kappa shape index (κ1) is 27.1. The summed E-state index contributed by atoms with van der Waals surface area (Å²) < 4.78 is 21.8. The minimum absolute atomic E-state index is 0.00449. The number of likely N-dealkylation sites (N-methyl/N-ethyl adjacent to an activating group) is 1. The van der Waals surface area contributed by atoms with Gasteiger partial charge in [-0.25, -0.2) is 19.3 Å². The zero-order valence-electron chi connectivity index (χ0n) is 20.8. The van der Waals surface area contributed by atoms with Crippen molar-refractivity contribution in [1.82, 2.24) is 19.5 Å². The Hall–Kier alpha value is -2.53. The van der Waals surface area contributed by atoms with Gasteiger partial charge in [-0.1, -0.05) is 11.6 Å². The third kappa shape index (κ3) is 6.78. The number of nitrogen functional groups attached to an aromatic ring is 1. The normalized spacial score (nSPS) is 16.3. The van der Waals surface area contributed by atoms with Gasteiger partial charge in [0.2, 0.25) is 11.9 Å². The Balaban J connectivity index is 0.000000420. The van der Waals surface area contributed by atoms with E-state index in [0.717, 1.165) is 19.4 Å². The van der Waals surface area contributed by atoms with Crippen LogP contribution in [0.4, 0.5) is 16.3 Å². The number of anilines is 2. The summed E-state index contributed by atoms with van der Waals surface area (Å²) in [6.07, 6.45) is 3.14. The quantitative estimate of drug-likeness (QED) is 0.475. The first-order valence-corrected chi connectivity index (χ1v) is 11.9. The van der Waals surface area contributed by atoms with Gasteiger partial charge in [-0.15, -0.1) is 0 Å². The van der Waals surface area contributed by atoms with Crippen molar-refractivity contribution in [3.63, 3.8) is 0 Å². The van der Waals surface area contributed by atoms with Crippen molar-refractivity contribution in [3.8, 4) is 11.3 Å². The minimum Gasteiger partial charge on any atom is -0.391 e. The van der Waals surface area contributed by atoms with E-state index in [-0.39, 0.29) is 28.6 Å². The number of aliphatic hydroxyl groups is 2. The molecule has 2 aromatic heterocycles. The molecule has 3 heterocycles. The van der Waals surface area contributed by atoms with E-state index in [9.17, 15) is 9.50 Å². The third-order valence-corrected chi connectivity index (χ3v) is 5.66. The molecule has 3 aromatic rings. The number of aliphatic hydroxyl groups excluding tert-OH is 1. The number of nitrogens with zero attached hydrogens (tertiary/aromatic N) is 5. The lowest BCUT2D eigenvalue weighted by Crippen LogP contribution is -2.37. The van der Waals surface area contributed by atoms with Gasteiger partial charge in [0.15, 0.2) is 5.82 Å².